The first kappa shape index (κ1) is 19.0. The number of anilines is 1. The Balaban J connectivity index is 1.58. The molecule has 4 rings (SSSR count). The largest absolute Gasteiger partial charge is 0.329 e. The molecule has 1 aliphatic heterocycles. The molecule has 1 fully saturated rings. The Labute approximate surface area is 176 Å². The number of carbonyl (C=O) groups is 2. The van der Waals surface area contributed by atoms with Gasteiger partial charge >= 0.3 is 6.03 Å². The van der Waals surface area contributed by atoms with Gasteiger partial charge in [0.25, 0.3) is 5.91 Å². The summed E-state index contributed by atoms with van der Waals surface area (Å²) >= 11 is 13.7. The summed E-state index contributed by atoms with van der Waals surface area (Å²) in [5.74, 6) is -0.335. The summed E-state index contributed by atoms with van der Waals surface area (Å²) in [6, 6.07) is 16.3. The summed E-state index contributed by atoms with van der Waals surface area (Å²) < 4.78 is 0. The summed E-state index contributed by atoms with van der Waals surface area (Å²) in [5.41, 5.74) is 1.40. The molecule has 3 amide bonds. The number of nitrogens with zero attached hydrogens (tertiary/aromatic N) is 1. The molecule has 0 spiro atoms. The first-order chi connectivity index (χ1) is 13.4. The van der Waals surface area contributed by atoms with E-state index in [1.165, 1.54) is 4.88 Å². The first-order valence-electron chi connectivity index (χ1n) is 8.61. The van der Waals surface area contributed by atoms with Crippen LogP contribution in [0, 0.1) is 0 Å². The van der Waals surface area contributed by atoms with Crippen molar-refractivity contribution < 1.29 is 9.59 Å². The summed E-state index contributed by atoms with van der Waals surface area (Å²) in [4.78, 5) is 27.9. The van der Waals surface area contributed by atoms with Crippen LogP contribution in [0.15, 0.2) is 60.0 Å². The highest BCUT2D eigenvalue weighted by atomic mass is 35.5. The SMILES string of the molecule is CC1(Cc2ccc(-c3cccs3)cc2)NC(=O)N(c2cc(Cl)cc(Cl)c2)C1=O. The van der Waals surface area contributed by atoms with E-state index in [-0.39, 0.29) is 5.91 Å². The second-order valence-corrected chi connectivity index (χ2v) is 8.70. The van der Waals surface area contributed by atoms with Gasteiger partial charge in [-0.2, -0.15) is 0 Å². The van der Waals surface area contributed by atoms with Gasteiger partial charge in [0.1, 0.15) is 5.54 Å². The van der Waals surface area contributed by atoms with E-state index in [1.54, 1.807) is 36.5 Å². The fourth-order valence-electron chi connectivity index (χ4n) is 3.34. The van der Waals surface area contributed by atoms with Crippen molar-refractivity contribution in [2.75, 3.05) is 4.90 Å². The van der Waals surface area contributed by atoms with E-state index in [0.29, 0.717) is 22.2 Å². The van der Waals surface area contributed by atoms with E-state index >= 15 is 0 Å². The second kappa shape index (κ2) is 7.24. The van der Waals surface area contributed by atoms with Gasteiger partial charge in [0.05, 0.1) is 5.69 Å². The average Bonchev–Trinajstić information content (AvgIpc) is 3.22. The number of benzene rings is 2. The molecule has 142 valence electrons. The number of thiophene rings is 1. The smallest absolute Gasteiger partial charge is 0.323 e. The lowest BCUT2D eigenvalue weighted by Gasteiger charge is -2.22. The number of carbonyl (C=O) groups excluding carboxylic acids is 2. The minimum atomic E-state index is -1.05. The number of hydrogen-bond acceptors (Lipinski definition) is 3. The van der Waals surface area contributed by atoms with E-state index < -0.39 is 11.6 Å². The van der Waals surface area contributed by atoms with Crippen molar-refractivity contribution in [3.8, 4) is 10.4 Å². The van der Waals surface area contributed by atoms with E-state index in [1.807, 2.05) is 35.7 Å². The molecule has 28 heavy (non-hydrogen) atoms. The number of nitrogens with one attached hydrogen (secondary N) is 1. The van der Waals surface area contributed by atoms with Gasteiger partial charge < -0.3 is 5.32 Å². The van der Waals surface area contributed by atoms with Gasteiger partial charge in [0, 0.05) is 21.3 Å². The quantitative estimate of drug-likeness (QED) is 0.533. The molecule has 1 aliphatic rings. The molecule has 1 saturated heterocycles. The van der Waals surface area contributed by atoms with Gasteiger partial charge in [-0.3, -0.25) is 4.79 Å². The Morgan fingerprint density at radius 3 is 2.32 bits per heavy atom. The van der Waals surface area contributed by atoms with Crippen molar-refractivity contribution in [3.63, 3.8) is 0 Å². The van der Waals surface area contributed by atoms with Crippen molar-refractivity contribution in [2.24, 2.45) is 0 Å². The molecule has 2 heterocycles. The number of halogens is 2. The molecule has 7 heteroatoms. The van der Waals surface area contributed by atoms with Crippen LogP contribution in [-0.2, 0) is 11.2 Å². The topological polar surface area (TPSA) is 49.4 Å². The van der Waals surface area contributed by atoms with E-state index in [0.717, 1.165) is 16.0 Å². The zero-order chi connectivity index (χ0) is 19.9. The van der Waals surface area contributed by atoms with Crippen LogP contribution < -0.4 is 10.2 Å². The summed E-state index contributed by atoms with van der Waals surface area (Å²) in [6.45, 7) is 1.73. The Morgan fingerprint density at radius 2 is 1.71 bits per heavy atom. The van der Waals surface area contributed by atoms with Gasteiger partial charge in [0.2, 0.25) is 0 Å². The second-order valence-electron chi connectivity index (χ2n) is 6.88. The van der Waals surface area contributed by atoms with Crippen LogP contribution in [0.1, 0.15) is 12.5 Å². The zero-order valence-electron chi connectivity index (χ0n) is 14.9. The Kier molecular flexibility index (Phi) is 4.91. The minimum Gasteiger partial charge on any atom is -0.323 e. The third kappa shape index (κ3) is 3.53. The molecule has 1 aromatic heterocycles. The van der Waals surface area contributed by atoms with Gasteiger partial charge in [-0.1, -0.05) is 53.5 Å². The van der Waals surface area contributed by atoms with Crippen LogP contribution in [0.4, 0.5) is 10.5 Å². The lowest BCUT2D eigenvalue weighted by Crippen LogP contribution is -2.46. The molecule has 0 radical (unpaired) electrons. The monoisotopic (exact) mass is 430 g/mol. The van der Waals surface area contributed by atoms with E-state index in [2.05, 4.69) is 11.4 Å². The summed E-state index contributed by atoms with van der Waals surface area (Å²) in [7, 11) is 0. The molecular formula is C21H16Cl2N2O2S. The predicted octanol–water partition coefficient (Wildman–Crippen LogP) is 5.78. The fourth-order valence-corrected chi connectivity index (χ4v) is 4.59. The number of imide groups is 1. The molecule has 2 aromatic carbocycles. The van der Waals surface area contributed by atoms with Crippen LogP contribution >= 0.6 is 34.5 Å². The molecular weight excluding hydrogens is 415 g/mol. The lowest BCUT2D eigenvalue weighted by molar-refractivity contribution is -0.121. The van der Waals surface area contributed by atoms with Gasteiger partial charge in [-0.25, -0.2) is 9.69 Å². The Hall–Kier alpha value is -2.34. The molecule has 0 aliphatic carbocycles. The average molecular weight is 431 g/mol. The first-order valence-corrected chi connectivity index (χ1v) is 10.2. The zero-order valence-corrected chi connectivity index (χ0v) is 17.2. The summed E-state index contributed by atoms with van der Waals surface area (Å²) in [6.07, 6.45) is 0.382. The number of amides is 3. The van der Waals surface area contributed by atoms with Crippen LogP contribution in [0.3, 0.4) is 0 Å². The number of hydrogen-bond donors (Lipinski definition) is 1. The fraction of sp³-hybridized carbons (Fsp3) is 0.143. The standard InChI is InChI=1S/C21H16Cl2N2O2S/c1-21(12-13-4-6-14(7-5-13)18-3-2-8-28-18)19(26)25(20(27)24-21)17-10-15(22)9-16(23)11-17/h2-11H,12H2,1H3,(H,24,27). The maximum Gasteiger partial charge on any atom is 0.329 e. The van der Waals surface area contributed by atoms with Crippen molar-refractivity contribution in [1.29, 1.82) is 0 Å². The van der Waals surface area contributed by atoms with Gasteiger partial charge in [-0.05, 0) is 47.7 Å². The normalized spacial score (nSPS) is 19.2. The Morgan fingerprint density at radius 1 is 1.04 bits per heavy atom. The van der Waals surface area contributed by atoms with Crippen molar-refractivity contribution in [3.05, 3.63) is 75.6 Å². The van der Waals surface area contributed by atoms with Crippen LogP contribution in [0.5, 0.6) is 0 Å². The van der Waals surface area contributed by atoms with E-state index in [9.17, 15) is 9.59 Å². The maximum atomic E-state index is 13.1. The molecule has 3 aromatic rings. The van der Waals surface area contributed by atoms with Crippen molar-refractivity contribution >= 4 is 52.2 Å². The highest BCUT2D eigenvalue weighted by Crippen LogP contribution is 2.32. The highest BCUT2D eigenvalue weighted by Gasteiger charge is 2.48. The molecule has 1 unspecified atom stereocenters. The third-order valence-corrected chi connectivity index (χ3v) is 6.04. The molecule has 4 nitrogen and oxygen atoms in total. The molecule has 0 saturated carbocycles. The van der Waals surface area contributed by atoms with Gasteiger partial charge in [-0.15, -0.1) is 11.3 Å². The van der Waals surface area contributed by atoms with Crippen LogP contribution in [0.2, 0.25) is 10.0 Å². The van der Waals surface area contributed by atoms with Crippen LogP contribution in [0.25, 0.3) is 10.4 Å². The highest BCUT2D eigenvalue weighted by molar-refractivity contribution is 7.13. The molecule has 1 N–H and O–H groups in total. The van der Waals surface area contributed by atoms with Crippen molar-refractivity contribution in [1.82, 2.24) is 5.32 Å². The van der Waals surface area contributed by atoms with Crippen LogP contribution in [-0.4, -0.2) is 17.5 Å². The van der Waals surface area contributed by atoms with E-state index in [4.69, 9.17) is 23.2 Å². The lowest BCUT2D eigenvalue weighted by atomic mass is 9.92. The minimum absolute atomic E-state index is 0.335. The maximum absolute atomic E-state index is 13.1. The molecule has 1 atom stereocenters. The molecule has 0 bridgehead atoms. The predicted molar refractivity (Wildman–Crippen MR) is 114 cm³/mol. The number of urea groups is 1. The van der Waals surface area contributed by atoms with Gasteiger partial charge in [0.15, 0.2) is 0 Å². The Bertz CT molecular complexity index is 1030. The van der Waals surface area contributed by atoms with Crippen molar-refractivity contribution in [2.45, 2.75) is 18.9 Å². The number of rotatable bonds is 4. The summed E-state index contributed by atoms with van der Waals surface area (Å²) in [5, 5.41) is 5.57. The third-order valence-electron chi connectivity index (χ3n) is 4.68.